The number of nitrogens with zero attached hydrogens (tertiary/aromatic N) is 2. The van der Waals surface area contributed by atoms with Crippen molar-refractivity contribution in [2.24, 2.45) is 14.1 Å². The molecule has 1 aromatic heterocycles. The van der Waals surface area contributed by atoms with Gasteiger partial charge in [-0.1, -0.05) is 0 Å². The summed E-state index contributed by atoms with van der Waals surface area (Å²) in [5.74, 6) is 0.555. The molecule has 0 bridgehead atoms. The Morgan fingerprint density at radius 3 is 2.36 bits per heavy atom. The lowest BCUT2D eigenvalue weighted by Crippen LogP contribution is -2.36. The highest BCUT2D eigenvalue weighted by Crippen LogP contribution is 2.28. The third kappa shape index (κ3) is 2.78. The normalized spacial score (nSPS) is 10.4. The van der Waals surface area contributed by atoms with Gasteiger partial charge >= 0.3 is 5.69 Å². The monoisotopic (exact) mass is 304 g/mol. The predicted octanol–water partition coefficient (Wildman–Crippen LogP) is 1.09. The van der Waals surface area contributed by atoms with Crippen molar-refractivity contribution in [3.05, 3.63) is 50.7 Å². The first-order valence-corrected chi connectivity index (χ1v) is 6.49. The molecule has 0 spiro atoms. The van der Waals surface area contributed by atoms with Crippen LogP contribution < -0.4 is 20.7 Å². The van der Waals surface area contributed by atoms with Gasteiger partial charge in [0.1, 0.15) is 11.5 Å². The van der Waals surface area contributed by atoms with E-state index in [1.807, 2.05) is 0 Å². The van der Waals surface area contributed by atoms with Crippen LogP contribution in [-0.4, -0.2) is 22.0 Å². The van der Waals surface area contributed by atoms with Crippen molar-refractivity contribution in [1.82, 2.24) is 9.13 Å². The number of carbonyl (C=O) groups excluding carboxylic acids is 1. The second-order valence-corrected chi connectivity index (χ2v) is 4.74. The van der Waals surface area contributed by atoms with E-state index in [9.17, 15) is 14.4 Å². The van der Waals surface area contributed by atoms with Crippen LogP contribution in [0.4, 0.5) is 0 Å². The first kappa shape index (κ1) is 15.6. The van der Waals surface area contributed by atoms with Crippen LogP contribution in [0.3, 0.4) is 0 Å². The molecule has 0 fully saturated rings. The fourth-order valence-electron chi connectivity index (χ4n) is 1.93. The summed E-state index contributed by atoms with van der Waals surface area (Å²) < 4.78 is 12.9. The molecule has 7 nitrogen and oxygen atoms in total. The predicted molar refractivity (Wildman–Crippen MR) is 80.0 cm³/mol. The van der Waals surface area contributed by atoms with Gasteiger partial charge in [0.2, 0.25) is 5.88 Å². The molecule has 1 aromatic carbocycles. The largest absolute Gasteiger partial charge is 0.497 e. The Morgan fingerprint density at radius 2 is 1.77 bits per heavy atom. The van der Waals surface area contributed by atoms with E-state index in [0.717, 1.165) is 4.57 Å². The fraction of sp³-hybridized carbons (Fsp3) is 0.267. The molecule has 2 aromatic rings. The van der Waals surface area contributed by atoms with Crippen LogP contribution in [0.5, 0.6) is 17.4 Å². The number of benzene rings is 1. The standard InChI is InChI=1S/C15H16N2O5/c1-9(18)11-6-5-10(21-4)7-12(11)22-14-8-13(19)16(2)15(20)17(14)3/h5-8H,1-4H3. The topological polar surface area (TPSA) is 79.5 Å². The Balaban J connectivity index is 2.58. The number of rotatable bonds is 4. The van der Waals surface area contributed by atoms with Gasteiger partial charge in [-0.15, -0.1) is 0 Å². The minimum absolute atomic E-state index is 0.0452. The first-order chi connectivity index (χ1) is 10.3. The van der Waals surface area contributed by atoms with Crippen molar-refractivity contribution >= 4 is 5.78 Å². The number of Topliss-reactive ketones (excluding diaryl/α,β-unsaturated/α-hetero) is 1. The summed E-state index contributed by atoms with van der Waals surface area (Å²) in [6.07, 6.45) is 0. The van der Waals surface area contributed by atoms with E-state index in [0.29, 0.717) is 11.3 Å². The maximum absolute atomic E-state index is 11.9. The number of ether oxygens (including phenoxy) is 2. The van der Waals surface area contributed by atoms with Crippen LogP contribution in [0.2, 0.25) is 0 Å². The van der Waals surface area contributed by atoms with Gasteiger partial charge in [0.15, 0.2) is 5.78 Å². The highest BCUT2D eigenvalue weighted by Gasteiger charge is 2.14. The van der Waals surface area contributed by atoms with Crippen LogP contribution in [0.1, 0.15) is 17.3 Å². The molecule has 0 saturated heterocycles. The van der Waals surface area contributed by atoms with E-state index < -0.39 is 11.2 Å². The molecule has 0 saturated carbocycles. The zero-order chi connectivity index (χ0) is 16.4. The summed E-state index contributed by atoms with van der Waals surface area (Å²) in [7, 11) is 4.34. The van der Waals surface area contributed by atoms with Crippen LogP contribution in [-0.2, 0) is 14.1 Å². The quantitative estimate of drug-likeness (QED) is 0.790. The molecule has 0 unspecified atom stereocenters. The molecule has 0 radical (unpaired) electrons. The van der Waals surface area contributed by atoms with Gasteiger partial charge in [0.05, 0.1) is 18.7 Å². The Bertz CT molecular complexity index is 848. The average Bonchev–Trinajstić information content (AvgIpc) is 2.50. The maximum Gasteiger partial charge on any atom is 0.333 e. The van der Waals surface area contributed by atoms with Crippen LogP contribution >= 0.6 is 0 Å². The van der Waals surface area contributed by atoms with Crippen LogP contribution in [0.25, 0.3) is 0 Å². The van der Waals surface area contributed by atoms with E-state index >= 15 is 0 Å². The van der Waals surface area contributed by atoms with Gasteiger partial charge in [-0.25, -0.2) is 4.79 Å². The molecule has 22 heavy (non-hydrogen) atoms. The summed E-state index contributed by atoms with van der Waals surface area (Å²) in [5, 5.41) is 0. The van der Waals surface area contributed by atoms with Gasteiger partial charge in [-0.2, -0.15) is 0 Å². The lowest BCUT2D eigenvalue weighted by Gasteiger charge is -2.13. The van der Waals surface area contributed by atoms with E-state index in [-0.39, 0.29) is 17.4 Å². The van der Waals surface area contributed by atoms with Gasteiger partial charge in [-0.3, -0.25) is 18.7 Å². The first-order valence-electron chi connectivity index (χ1n) is 6.49. The summed E-state index contributed by atoms with van der Waals surface area (Å²) in [5.41, 5.74) is -0.686. The average molecular weight is 304 g/mol. The van der Waals surface area contributed by atoms with Crippen molar-refractivity contribution in [2.75, 3.05) is 7.11 Å². The second kappa shape index (κ2) is 5.88. The smallest absolute Gasteiger partial charge is 0.333 e. The summed E-state index contributed by atoms with van der Waals surface area (Å²) in [6, 6.07) is 5.91. The molecule has 7 heteroatoms. The molecular weight excluding hydrogens is 288 g/mol. The highest BCUT2D eigenvalue weighted by atomic mass is 16.5. The van der Waals surface area contributed by atoms with Crippen LogP contribution in [0.15, 0.2) is 33.9 Å². The van der Waals surface area contributed by atoms with Gasteiger partial charge in [0.25, 0.3) is 5.56 Å². The highest BCUT2D eigenvalue weighted by molar-refractivity contribution is 5.97. The molecule has 0 aliphatic heterocycles. The second-order valence-electron chi connectivity index (χ2n) is 4.74. The van der Waals surface area contributed by atoms with E-state index in [2.05, 4.69) is 0 Å². The molecule has 0 aliphatic rings. The maximum atomic E-state index is 11.9. The number of ketones is 1. The SMILES string of the molecule is COc1ccc(C(C)=O)c(Oc2cc(=O)n(C)c(=O)n2C)c1. The number of hydrogen-bond acceptors (Lipinski definition) is 5. The van der Waals surface area contributed by atoms with Crippen molar-refractivity contribution in [1.29, 1.82) is 0 Å². The van der Waals surface area contributed by atoms with Gasteiger partial charge in [0, 0.05) is 20.2 Å². The lowest BCUT2D eigenvalue weighted by molar-refractivity contribution is 0.101. The number of hydrogen-bond donors (Lipinski definition) is 0. The number of carbonyl (C=O) groups is 1. The number of methoxy groups -OCH3 is 1. The fourth-order valence-corrected chi connectivity index (χ4v) is 1.93. The Labute approximate surface area is 126 Å². The third-order valence-corrected chi connectivity index (χ3v) is 3.26. The third-order valence-electron chi connectivity index (χ3n) is 3.26. The minimum atomic E-state index is -0.519. The summed E-state index contributed by atoms with van der Waals surface area (Å²) in [4.78, 5) is 35.3. The molecule has 116 valence electrons. The lowest BCUT2D eigenvalue weighted by atomic mass is 10.1. The molecule has 0 amide bonds. The molecule has 2 rings (SSSR count). The van der Waals surface area contributed by atoms with Crippen molar-refractivity contribution < 1.29 is 14.3 Å². The Kier molecular flexibility index (Phi) is 4.16. The number of aromatic nitrogens is 2. The molecule has 0 atom stereocenters. The zero-order valence-electron chi connectivity index (χ0n) is 12.7. The Morgan fingerprint density at radius 1 is 1.09 bits per heavy atom. The molecule has 0 N–H and O–H groups in total. The minimum Gasteiger partial charge on any atom is -0.497 e. The summed E-state index contributed by atoms with van der Waals surface area (Å²) in [6.45, 7) is 1.40. The van der Waals surface area contributed by atoms with Crippen molar-refractivity contribution in [2.45, 2.75) is 6.92 Å². The van der Waals surface area contributed by atoms with Crippen LogP contribution in [0, 0.1) is 0 Å². The molecular formula is C15H16N2O5. The molecule has 1 heterocycles. The Hall–Kier alpha value is -2.83. The summed E-state index contributed by atoms with van der Waals surface area (Å²) >= 11 is 0. The molecule has 0 aliphatic carbocycles. The van der Waals surface area contributed by atoms with E-state index in [1.165, 1.54) is 44.8 Å². The van der Waals surface area contributed by atoms with E-state index in [4.69, 9.17) is 9.47 Å². The zero-order valence-corrected chi connectivity index (χ0v) is 12.7. The van der Waals surface area contributed by atoms with Gasteiger partial charge < -0.3 is 9.47 Å². The van der Waals surface area contributed by atoms with E-state index in [1.54, 1.807) is 12.1 Å². The van der Waals surface area contributed by atoms with Gasteiger partial charge in [-0.05, 0) is 19.1 Å². The van der Waals surface area contributed by atoms with Crippen molar-refractivity contribution in [3.63, 3.8) is 0 Å². The van der Waals surface area contributed by atoms with Crippen molar-refractivity contribution in [3.8, 4) is 17.4 Å².